The standard InChI is InChI=1S/C9H10BrN3/c1-2-3-6-4-5-11-9-7(6)8(10)12-13-9/h4-5H,2-3H2,1H3,(H,11,12,13). The van der Waals surface area contributed by atoms with Crippen LogP contribution in [0.5, 0.6) is 0 Å². The van der Waals surface area contributed by atoms with Crippen molar-refractivity contribution in [2.24, 2.45) is 0 Å². The lowest BCUT2D eigenvalue weighted by Gasteiger charge is -1.98. The Kier molecular flexibility index (Phi) is 2.31. The fourth-order valence-electron chi connectivity index (χ4n) is 1.45. The molecule has 2 heterocycles. The fraction of sp³-hybridized carbons (Fsp3) is 0.333. The minimum Gasteiger partial charge on any atom is -0.269 e. The number of hydrogen-bond donors (Lipinski definition) is 1. The van der Waals surface area contributed by atoms with Crippen molar-refractivity contribution >= 4 is 27.0 Å². The number of aromatic nitrogens is 3. The number of rotatable bonds is 2. The van der Waals surface area contributed by atoms with E-state index in [9.17, 15) is 0 Å². The number of hydrogen-bond acceptors (Lipinski definition) is 2. The van der Waals surface area contributed by atoms with E-state index in [0.717, 1.165) is 28.5 Å². The SMILES string of the molecule is CCCc1ccnc2n[nH]c(Br)c12. The predicted octanol–water partition coefficient (Wildman–Crippen LogP) is 2.67. The van der Waals surface area contributed by atoms with Gasteiger partial charge in [-0.3, -0.25) is 5.10 Å². The fourth-order valence-corrected chi connectivity index (χ4v) is 1.97. The van der Waals surface area contributed by atoms with Crippen molar-refractivity contribution in [3.63, 3.8) is 0 Å². The monoisotopic (exact) mass is 239 g/mol. The smallest absolute Gasteiger partial charge is 0.182 e. The van der Waals surface area contributed by atoms with Crippen LogP contribution in [0.25, 0.3) is 11.0 Å². The first-order valence-corrected chi connectivity index (χ1v) is 5.09. The minimum absolute atomic E-state index is 0.790. The Morgan fingerprint density at radius 2 is 2.38 bits per heavy atom. The molecule has 2 rings (SSSR count). The number of fused-ring (bicyclic) bond motifs is 1. The van der Waals surface area contributed by atoms with Crippen molar-refractivity contribution in [1.29, 1.82) is 0 Å². The molecule has 0 bridgehead atoms. The summed E-state index contributed by atoms with van der Waals surface area (Å²) in [6, 6.07) is 2.05. The van der Waals surface area contributed by atoms with E-state index < -0.39 is 0 Å². The van der Waals surface area contributed by atoms with Crippen LogP contribution in [0, 0.1) is 0 Å². The van der Waals surface area contributed by atoms with Gasteiger partial charge in [-0.15, -0.1) is 0 Å². The molecule has 0 saturated heterocycles. The van der Waals surface area contributed by atoms with Crippen molar-refractivity contribution in [2.75, 3.05) is 0 Å². The zero-order valence-electron chi connectivity index (χ0n) is 7.34. The number of aryl methyl sites for hydroxylation is 1. The van der Waals surface area contributed by atoms with Crippen molar-refractivity contribution in [3.8, 4) is 0 Å². The summed E-state index contributed by atoms with van der Waals surface area (Å²) in [5, 5.41) is 8.07. The van der Waals surface area contributed by atoms with Crippen LogP contribution in [-0.2, 0) is 6.42 Å². The Morgan fingerprint density at radius 3 is 3.15 bits per heavy atom. The maximum absolute atomic E-state index is 4.17. The van der Waals surface area contributed by atoms with Gasteiger partial charge in [-0.1, -0.05) is 13.3 Å². The molecule has 0 radical (unpaired) electrons. The van der Waals surface area contributed by atoms with Crippen molar-refractivity contribution in [1.82, 2.24) is 15.2 Å². The molecule has 4 heteroatoms. The largest absolute Gasteiger partial charge is 0.269 e. The van der Waals surface area contributed by atoms with Crippen LogP contribution >= 0.6 is 15.9 Å². The van der Waals surface area contributed by atoms with Crippen LogP contribution in [0.2, 0.25) is 0 Å². The molecule has 0 aliphatic carbocycles. The first-order valence-electron chi connectivity index (χ1n) is 4.30. The van der Waals surface area contributed by atoms with E-state index in [1.807, 2.05) is 6.07 Å². The van der Waals surface area contributed by atoms with Crippen molar-refractivity contribution in [2.45, 2.75) is 19.8 Å². The van der Waals surface area contributed by atoms with E-state index in [-0.39, 0.29) is 0 Å². The molecule has 68 valence electrons. The van der Waals surface area contributed by atoms with Gasteiger partial charge in [-0.05, 0) is 34.0 Å². The van der Waals surface area contributed by atoms with E-state index in [2.05, 4.69) is 38.0 Å². The maximum Gasteiger partial charge on any atom is 0.182 e. The highest BCUT2D eigenvalue weighted by molar-refractivity contribution is 9.10. The Balaban J connectivity index is 2.65. The lowest BCUT2D eigenvalue weighted by molar-refractivity contribution is 0.927. The minimum atomic E-state index is 0.790. The molecule has 0 spiro atoms. The Morgan fingerprint density at radius 1 is 1.54 bits per heavy atom. The lowest BCUT2D eigenvalue weighted by atomic mass is 10.1. The van der Waals surface area contributed by atoms with Gasteiger partial charge in [0.25, 0.3) is 0 Å². The summed E-state index contributed by atoms with van der Waals surface area (Å²) < 4.78 is 0.930. The normalized spacial score (nSPS) is 10.9. The third-order valence-corrected chi connectivity index (χ3v) is 2.59. The maximum atomic E-state index is 4.17. The average Bonchev–Trinajstić information content (AvgIpc) is 2.50. The molecular weight excluding hydrogens is 230 g/mol. The first kappa shape index (κ1) is 8.69. The zero-order valence-corrected chi connectivity index (χ0v) is 8.93. The highest BCUT2D eigenvalue weighted by Crippen LogP contribution is 2.23. The lowest BCUT2D eigenvalue weighted by Crippen LogP contribution is -1.86. The molecule has 0 saturated carbocycles. The third kappa shape index (κ3) is 1.46. The van der Waals surface area contributed by atoms with E-state index in [1.54, 1.807) is 6.20 Å². The summed E-state index contributed by atoms with van der Waals surface area (Å²) in [7, 11) is 0. The van der Waals surface area contributed by atoms with E-state index in [0.29, 0.717) is 0 Å². The predicted molar refractivity (Wildman–Crippen MR) is 55.6 cm³/mol. The van der Waals surface area contributed by atoms with Gasteiger partial charge in [-0.25, -0.2) is 4.98 Å². The van der Waals surface area contributed by atoms with Gasteiger partial charge in [0.15, 0.2) is 5.65 Å². The van der Waals surface area contributed by atoms with Crippen molar-refractivity contribution in [3.05, 3.63) is 22.4 Å². The molecule has 0 atom stereocenters. The number of nitrogens with one attached hydrogen (secondary N) is 1. The Labute approximate surface area is 84.7 Å². The van der Waals surface area contributed by atoms with Gasteiger partial charge in [-0.2, -0.15) is 5.10 Å². The number of H-pyrrole nitrogens is 1. The van der Waals surface area contributed by atoms with Gasteiger partial charge in [0.1, 0.15) is 4.60 Å². The van der Waals surface area contributed by atoms with Crippen LogP contribution in [-0.4, -0.2) is 15.2 Å². The van der Waals surface area contributed by atoms with E-state index >= 15 is 0 Å². The molecule has 0 unspecified atom stereocenters. The van der Waals surface area contributed by atoms with Crippen LogP contribution < -0.4 is 0 Å². The summed E-state index contributed by atoms with van der Waals surface area (Å²) in [4.78, 5) is 4.17. The number of pyridine rings is 1. The second-order valence-corrected chi connectivity index (χ2v) is 3.75. The number of nitrogens with zero attached hydrogens (tertiary/aromatic N) is 2. The summed E-state index contributed by atoms with van der Waals surface area (Å²) in [6.07, 6.45) is 4.01. The molecule has 0 fully saturated rings. The molecular formula is C9H10BrN3. The van der Waals surface area contributed by atoms with Gasteiger partial charge < -0.3 is 0 Å². The topological polar surface area (TPSA) is 41.6 Å². The molecule has 0 amide bonds. The molecule has 0 aliphatic heterocycles. The van der Waals surface area contributed by atoms with Crippen LogP contribution in [0.4, 0.5) is 0 Å². The highest BCUT2D eigenvalue weighted by Gasteiger charge is 2.07. The molecule has 13 heavy (non-hydrogen) atoms. The third-order valence-electron chi connectivity index (χ3n) is 2.02. The van der Waals surface area contributed by atoms with Gasteiger partial charge in [0.05, 0.1) is 5.39 Å². The summed E-state index contributed by atoms with van der Waals surface area (Å²) in [6.45, 7) is 2.17. The van der Waals surface area contributed by atoms with Crippen LogP contribution in [0.3, 0.4) is 0 Å². The van der Waals surface area contributed by atoms with E-state index in [4.69, 9.17) is 0 Å². The molecule has 0 aliphatic rings. The van der Waals surface area contributed by atoms with E-state index in [1.165, 1.54) is 5.56 Å². The average molecular weight is 240 g/mol. The Bertz CT molecular complexity index is 422. The second-order valence-electron chi connectivity index (χ2n) is 2.96. The number of aromatic amines is 1. The van der Waals surface area contributed by atoms with Crippen LogP contribution in [0.1, 0.15) is 18.9 Å². The quantitative estimate of drug-likeness (QED) is 0.876. The molecule has 0 aromatic carbocycles. The number of halogens is 1. The van der Waals surface area contributed by atoms with Crippen molar-refractivity contribution < 1.29 is 0 Å². The summed E-state index contributed by atoms with van der Waals surface area (Å²) in [5.41, 5.74) is 2.09. The highest BCUT2D eigenvalue weighted by atomic mass is 79.9. The molecule has 1 N–H and O–H groups in total. The Hall–Kier alpha value is -0.900. The zero-order chi connectivity index (χ0) is 9.26. The van der Waals surface area contributed by atoms with Gasteiger partial charge in [0.2, 0.25) is 0 Å². The summed E-state index contributed by atoms with van der Waals surface area (Å²) in [5.74, 6) is 0. The molecule has 3 nitrogen and oxygen atoms in total. The van der Waals surface area contributed by atoms with Crippen LogP contribution in [0.15, 0.2) is 16.9 Å². The second kappa shape index (κ2) is 3.46. The summed E-state index contributed by atoms with van der Waals surface area (Å²) >= 11 is 3.43. The first-order chi connectivity index (χ1) is 6.33. The van der Waals surface area contributed by atoms with Gasteiger partial charge in [0, 0.05) is 6.20 Å². The molecule has 2 aromatic rings. The van der Waals surface area contributed by atoms with Gasteiger partial charge >= 0.3 is 0 Å². The molecule has 2 aromatic heterocycles.